The zero-order valence-corrected chi connectivity index (χ0v) is 45.4. The van der Waals surface area contributed by atoms with Crippen LogP contribution in [0.1, 0.15) is 324 Å². The molecule has 0 radical (unpaired) electrons. The van der Waals surface area contributed by atoms with E-state index in [-0.39, 0.29) is 17.9 Å². The van der Waals surface area contributed by atoms with Crippen molar-refractivity contribution in [1.29, 1.82) is 0 Å². The fraction of sp³-hybridized carbons (Fsp3) is 0.871. The zero-order chi connectivity index (χ0) is 48.1. The fourth-order valence-electron chi connectivity index (χ4n) is 9.74. The Labute approximate surface area is 413 Å². The van der Waals surface area contributed by atoms with Gasteiger partial charge < -0.3 is 9.47 Å². The number of carbonyl (C=O) groups is 2. The van der Waals surface area contributed by atoms with E-state index in [1.54, 1.807) is 0 Å². The molecule has 0 amide bonds. The molecule has 0 aliphatic heterocycles. The van der Waals surface area contributed by atoms with Crippen molar-refractivity contribution in [1.82, 2.24) is 0 Å². The third-order valence-corrected chi connectivity index (χ3v) is 14.3. The van der Waals surface area contributed by atoms with Gasteiger partial charge in [0.05, 0.1) is 18.6 Å². The van der Waals surface area contributed by atoms with Crippen LogP contribution in [0.15, 0.2) is 36.5 Å². The first-order valence-electron chi connectivity index (χ1n) is 29.8. The van der Waals surface area contributed by atoms with Crippen LogP contribution in [0.2, 0.25) is 0 Å². The molecule has 2 atom stereocenters. The van der Waals surface area contributed by atoms with Crippen LogP contribution in [-0.2, 0) is 19.1 Å². The molecular formula is C62H116O4. The molecule has 2 unspecified atom stereocenters. The molecule has 66 heavy (non-hydrogen) atoms. The van der Waals surface area contributed by atoms with Gasteiger partial charge in [0.25, 0.3) is 0 Å². The van der Waals surface area contributed by atoms with Crippen molar-refractivity contribution in [3.05, 3.63) is 36.5 Å². The predicted octanol–water partition coefficient (Wildman–Crippen LogP) is 21.0. The van der Waals surface area contributed by atoms with Crippen LogP contribution in [0.25, 0.3) is 0 Å². The van der Waals surface area contributed by atoms with Gasteiger partial charge in [0, 0.05) is 6.42 Å². The van der Waals surface area contributed by atoms with Crippen molar-refractivity contribution in [3.8, 4) is 0 Å². The van der Waals surface area contributed by atoms with E-state index in [0.29, 0.717) is 19.6 Å². The van der Waals surface area contributed by atoms with Crippen LogP contribution in [0, 0.1) is 11.3 Å². The molecule has 0 fully saturated rings. The van der Waals surface area contributed by atoms with Crippen LogP contribution in [0.3, 0.4) is 0 Å². The zero-order valence-electron chi connectivity index (χ0n) is 45.4. The second-order valence-corrected chi connectivity index (χ2v) is 20.4. The number of rotatable bonds is 53. The Kier molecular flexibility index (Phi) is 51.1. The highest BCUT2D eigenvalue weighted by atomic mass is 16.5. The number of allylic oxidation sites excluding steroid dienone is 6. The highest BCUT2D eigenvalue weighted by Gasteiger charge is 2.44. The lowest BCUT2D eigenvalue weighted by Gasteiger charge is -2.38. The van der Waals surface area contributed by atoms with Crippen molar-refractivity contribution >= 4 is 11.9 Å². The summed E-state index contributed by atoms with van der Waals surface area (Å²) in [6.45, 7) is 12.4. The van der Waals surface area contributed by atoms with E-state index < -0.39 is 5.41 Å². The minimum absolute atomic E-state index is 0.0419. The lowest BCUT2D eigenvalue weighted by atomic mass is 9.66. The molecule has 0 aliphatic carbocycles. The maximum Gasteiger partial charge on any atom is 0.312 e. The van der Waals surface area contributed by atoms with Gasteiger partial charge in [0.15, 0.2) is 0 Å². The molecular weight excluding hydrogens is 809 g/mol. The third kappa shape index (κ3) is 41.2. The molecule has 4 heteroatoms. The Morgan fingerprint density at radius 3 is 1.17 bits per heavy atom. The number of carbonyl (C=O) groups excluding carboxylic acids is 2. The first-order valence-corrected chi connectivity index (χ1v) is 29.8. The van der Waals surface area contributed by atoms with Crippen molar-refractivity contribution in [2.24, 2.45) is 11.3 Å². The summed E-state index contributed by atoms with van der Waals surface area (Å²) in [5, 5.41) is 0. The molecule has 0 spiro atoms. The smallest absolute Gasteiger partial charge is 0.312 e. The van der Waals surface area contributed by atoms with E-state index >= 15 is 0 Å². The minimum atomic E-state index is -0.449. The van der Waals surface area contributed by atoms with Gasteiger partial charge in [-0.3, -0.25) is 9.59 Å². The number of esters is 2. The summed E-state index contributed by atoms with van der Waals surface area (Å²) >= 11 is 0. The van der Waals surface area contributed by atoms with Gasteiger partial charge >= 0.3 is 11.9 Å². The molecule has 0 N–H and O–H groups in total. The summed E-state index contributed by atoms with van der Waals surface area (Å²) < 4.78 is 11.9. The Morgan fingerprint density at radius 1 is 0.379 bits per heavy atom. The number of hydrogen-bond donors (Lipinski definition) is 0. The topological polar surface area (TPSA) is 52.6 Å². The first kappa shape index (κ1) is 64.2. The lowest BCUT2D eigenvalue weighted by Crippen LogP contribution is -2.40. The normalized spacial score (nSPS) is 13.3. The van der Waals surface area contributed by atoms with Gasteiger partial charge in [-0.2, -0.15) is 0 Å². The summed E-state index contributed by atoms with van der Waals surface area (Å²) in [5.41, 5.74) is -0.449. The molecule has 0 bridgehead atoms. The summed E-state index contributed by atoms with van der Waals surface area (Å²) in [6, 6.07) is 0. The number of unbranched alkanes of at least 4 members (excludes halogenated alkanes) is 33. The first-order chi connectivity index (χ1) is 32.5. The highest BCUT2D eigenvalue weighted by molar-refractivity contribution is 5.77. The average molecular weight is 926 g/mol. The summed E-state index contributed by atoms with van der Waals surface area (Å²) in [7, 11) is 0. The molecule has 0 aromatic rings. The van der Waals surface area contributed by atoms with E-state index in [2.05, 4.69) is 71.1 Å². The van der Waals surface area contributed by atoms with Crippen molar-refractivity contribution in [2.45, 2.75) is 324 Å². The van der Waals surface area contributed by atoms with E-state index in [1.165, 1.54) is 199 Å². The molecule has 0 saturated heterocycles. The van der Waals surface area contributed by atoms with E-state index in [4.69, 9.17) is 9.47 Å². The molecule has 0 aliphatic rings. The fourth-order valence-corrected chi connectivity index (χ4v) is 9.74. The van der Waals surface area contributed by atoms with Crippen LogP contribution in [0.4, 0.5) is 0 Å². The van der Waals surface area contributed by atoms with Gasteiger partial charge in [-0.05, 0) is 115 Å². The van der Waals surface area contributed by atoms with Gasteiger partial charge in [0.2, 0.25) is 0 Å². The largest absolute Gasteiger partial charge is 0.466 e. The van der Waals surface area contributed by atoms with Gasteiger partial charge in [-0.25, -0.2) is 0 Å². The van der Waals surface area contributed by atoms with Gasteiger partial charge in [-0.1, -0.05) is 244 Å². The SMILES string of the molecule is CCCCCCCC/C=C\CCCCCCCCOC(=O)CCCCCC(C/C=C\CCCCCCCC)C(CC)(CCCCCC/C=C\CCCCCCCC)C(=O)OCCCCCC. The van der Waals surface area contributed by atoms with Crippen molar-refractivity contribution < 1.29 is 19.1 Å². The molecule has 0 heterocycles. The van der Waals surface area contributed by atoms with Gasteiger partial charge in [-0.15, -0.1) is 0 Å². The molecule has 0 rings (SSSR count). The highest BCUT2D eigenvalue weighted by Crippen LogP contribution is 2.44. The maximum absolute atomic E-state index is 14.3. The standard InChI is InChI=1S/C62H116O4/c1-6-11-15-19-22-25-27-29-31-32-34-36-39-42-45-52-57-65-60(63)55-49-46-48-54-59(53-47-43-40-37-24-21-17-13-8-3)62(10-5,61(64)66-58-51-18-14-9-4)56-50-44-41-38-35-33-30-28-26-23-20-16-12-7-2/h29-31,33,43,47,59H,6-28,32,34-42,44-46,48-58H2,1-5H3/b31-29-,33-30-,47-43-. The molecule has 0 aromatic heterocycles. The Balaban J connectivity index is 5.03. The number of hydrogen-bond acceptors (Lipinski definition) is 4. The molecule has 0 saturated carbocycles. The van der Waals surface area contributed by atoms with Crippen molar-refractivity contribution in [3.63, 3.8) is 0 Å². The van der Waals surface area contributed by atoms with E-state index in [9.17, 15) is 9.59 Å². The monoisotopic (exact) mass is 925 g/mol. The molecule has 4 nitrogen and oxygen atoms in total. The van der Waals surface area contributed by atoms with Crippen LogP contribution in [-0.4, -0.2) is 25.2 Å². The predicted molar refractivity (Wildman–Crippen MR) is 291 cm³/mol. The molecule has 0 aromatic carbocycles. The van der Waals surface area contributed by atoms with E-state index in [1.807, 2.05) is 0 Å². The van der Waals surface area contributed by atoms with Crippen molar-refractivity contribution in [2.75, 3.05) is 13.2 Å². The summed E-state index contributed by atoms with van der Waals surface area (Å²) in [6.07, 6.45) is 68.3. The quantitative estimate of drug-likeness (QED) is 0.0346. The summed E-state index contributed by atoms with van der Waals surface area (Å²) in [4.78, 5) is 27.0. The lowest BCUT2D eigenvalue weighted by molar-refractivity contribution is -0.161. The Morgan fingerprint density at radius 2 is 0.727 bits per heavy atom. The van der Waals surface area contributed by atoms with Crippen LogP contribution >= 0.6 is 0 Å². The van der Waals surface area contributed by atoms with Crippen LogP contribution < -0.4 is 0 Å². The number of ether oxygens (including phenoxy) is 2. The summed E-state index contributed by atoms with van der Waals surface area (Å²) in [5.74, 6) is 0.276. The third-order valence-electron chi connectivity index (χ3n) is 14.3. The van der Waals surface area contributed by atoms with Gasteiger partial charge in [0.1, 0.15) is 0 Å². The minimum Gasteiger partial charge on any atom is -0.466 e. The second kappa shape index (κ2) is 52.5. The van der Waals surface area contributed by atoms with Crippen LogP contribution in [0.5, 0.6) is 0 Å². The maximum atomic E-state index is 14.3. The molecule has 388 valence electrons. The van der Waals surface area contributed by atoms with E-state index in [0.717, 1.165) is 83.5 Å². The second-order valence-electron chi connectivity index (χ2n) is 20.4. The average Bonchev–Trinajstić information content (AvgIpc) is 3.32. The Bertz CT molecular complexity index is 1090. The Hall–Kier alpha value is -1.84.